The molecule has 0 bridgehead atoms. The average Bonchev–Trinajstić information content (AvgIpc) is 2.63. The first-order valence-corrected chi connectivity index (χ1v) is 7.87. The van der Waals surface area contributed by atoms with Crippen LogP contribution in [-0.4, -0.2) is 30.8 Å². The van der Waals surface area contributed by atoms with Crippen LogP contribution in [0.25, 0.3) is 0 Å². The summed E-state index contributed by atoms with van der Waals surface area (Å²) in [6.45, 7) is 3.53. The molecular formula is C18H18N3O6-. The van der Waals surface area contributed by atoms with E-state index < -0.39 is 22.3 Å². The molecule has 142 valence electrons. The summed E-state index contributed by atoms with van der Waals surface area (Å²) in [5.41, 5.74) is 3.75. The molecule has 2 rings (SSSR count). The highest BCUT2D eigenvalue weighted by Gasteiger charge is 2.13. The third-order valence-electron chi connectivity index (χ3n) is 3.58. The number of hydrogen-bond donors (Lipinski definition) is 1. The quantitative estimate of drug-likeness (QED) is 0.449. The van der Waals surface area contributed by atoms with Crippen LogP contribution >= 0.6 is 0 Å². The standard InChI is InChI=1S/C18H19N3O6/c1-11-4-5-12(2)15(6-11)27-10-17(22)20-19-9-13-7-14(21(24)25)18(23)16(8-13)26-3/h4-9,23H,10H2,1-3H3,(H,20,22)/p-1/b19-9-. The average molecular weight is 372 g/mol. The molecule has 2 aromatic rings. The van der Waals surface area contributed by atoms with Gasteiger partial charge in [-0.25, -0.2) is 5.43 Å². The van der Waals surface area contributed by atoms with Gasteiger partial charge in [-0.3, -0.25) is 14.9 Å². The summed E-state index contributed by atoms with van der Waals surface area (Å²) in [5, 5.41) is 26.4. The molecule has 1 amide bonds. The molecule has 0 aliphatic rings. The molecule has 0 atom stereocenters. The second-order valence-electron chi connectivity index (χ2n) is 5.68. The summed E-state index contributed by atoms with van der Waals surface area (Å²) >= 11 is 0. The number of aryl methyl sites for hydroxylation is 2. The van der Waals surface area contributed by atoms with E-state index in [1.54, 1.807) is 0 Å². The Kier molecular flexibility index (Phi) is 6.32. The second kappa shape index (κ2) is 8.65. The van der Waals surface area contributed by atoms with Gasteiger partial charge in [0.2, 0.25) is 0 Å². The van der Waals surface area contributed by atoms with Crippen molar-refractivity contribution in [3.63, 3.8) is 0 Å². The van der Waals surface area contributed by atoms with Crippen molar-refractivity contribution in [2.75, 3.05) is 13.7 Å². The van der Waals surface area contributed by atoms with Gasteiger partial charge in [-0.1, -0.05) is 12.1 Å². The normalized spacial score (nSPS) is 10.6. The maximum atomic E-state index is 11.8. The van der Waals surface area contributed by atoms with Gasteiger partial charge in [0.1, 0.15) is 11.5 Å². The van der Waals surface area contributed by atoms with Crippen molar-refractivity contribution in [3.05, 3.63) is 57.1 Å². The number of benzene rings is 2. The molecule has 0 heterocycles. The molecule has 0 saturated carbocycles. The molecule has 2 aromatic carbocycles. The van der Waals surface area contributed by atoms with E-state index in [1.165, 1.54) is 19.4 Å². The van der Waals surface area contributed by atoms with Gasteiger partial charge in [0.25, 0.3) is 11.6 Å². The molecule has 0 aromatic heterocycles. The summed E-state index contributed by atoms with van der Waals surface area (Å²) in [7, 11) is 1.23. The van der Waals surface area contributed by atoms with Crippen molar-refractivity contribution in [1.29, 1.82) is 0 Å². The molecule has 0 unspecified atom stereocenters. The highest BCUT2D eigenvalue weighted by molar-refractivity contribution is 5.85. The number of rotatable bonds is 7. The van der Waals surface area contributed by atoms with Crippen molar-refractivity contribution < 1.29 is 24.3 Å². The Morgan fingerprint density at radius 3 is 2.67 bits per heavy atom. The zero-order valence-corrected chi connectivity index (χ0v) is 15.0. The molecule has 0 aliphatic carbocycles. The molecule has 9 nitrogen and oxygen atoms in total. The number of methoxy groups -OCH3 is 1. The summed E-state index contributed by atoms with van der Waals surface area (Å²) in [4.78, 5) is 21.9. The Labute approximate surface area is 155 Å². The molecule has 1 N–H and O–H groups in total. The lowest BCUT2D eigenvalue weighted by molar-refractivity contribution is -0.398. The maximum Gasteiger partial charge on any atom is 0.277 e. The molecule has 0 saturated heterocycles. The van der Waals surface area contributed by atoms with Crippen LogP contribution < -0.4 is 20.0 Å². The van der Waals surface area contributed by atoms with Crippen molar-refractivity contribution in [2.45, 2.75) is 13.8 Å². The molecule has 0 aliphatic heterocycles. The minimum Gasteiger partial charge on any atom is -0.865 e. The zero-order chi connectivity index (χ0) is 20.0. The van der Waals surface area contributed by atoms with Crippen LogP contribution in [0, 0.1) is 24.0 Å². The number of nitrogens with one attached hydrogen (secondary N) is 1. The molecule has 27 heavy (non-hydrogen) atoms. The fourth-order valence-corrected chi connectivity index (χ4v) is 2.19. The topological polar surface area (TPSA) is 126 Å². The fraction of sp³-hybridized carbons (Fsp3) is 0.222. The van der Waals surface area contributed by atoms with Gasteiger partial charge in [-0.15, -0.1) is 0 Å². The number of nitro groups is 1. The number of carbonyl (C=O) groups is 1. The Morgan fingerprint density at radius 2 is 2.00 bits per heavy atom. The minimum absolute atomic E-state index is 0.185. The number of nitrogens with zero attached hydrogens (tertiary/aromatic N) is 2. The highest BCUT2D eigenvalue weighted by atomic mass is 16.6. The smallest absolute Gasteiger partial charge is 0.277 e. The third-order valence-corrected chi connectivity index (χ3v) is 3.58. The van der Waals surface area contributed by atoms with Gasteiger partial charge < -0.3 is 14.6 Å². The maximum absolute atomic E-state index is 11.8. The number of hydrogen-bond acceptors (Lipinski definition) is 7. The SMILES string of the molecule is COc1cc(/C=N\NC(=O)COc2cc(C)ccc2C)cc([N+](=O)[O-])c1[O-]. The van der Waals surface area contributed by atoms with Crippen LogP contribution in [0.3, 0.4) is 0 Å². The van der Waals surface area contributed by atoms with Crippen LogP contribution in [0.15, 0.2) is 35.4 Å². The predicted molar refractivity (Wildman–Crippen MR) is 96.2 cm³/mol. The zero-order valence-electron chi connectivity index (χ0n) is 15.0. The van der Waals surface area contributed by atoms with E-state index in [-0.39, 0.29) is 17.9 Å². The number of carbonyl (C=O) groups excluding carboxylic acids is 1. The van der Waals surface area contributed by atoms with E-state index >= 15 is 0 Å². The Morgan fingerprint density at radius 1 is 1.26 bits per heavy atom. The molecular weight excluding hydrogens is 354 g/mol. The van der Waals surface area contributed by atoms with E-state index in [0.29, 0.717) is 5.75 Å². The lowest BCUT2D eigenvalue weighted by Crippen LogP contribution is -2.24. The number of hydrazone groups is 1. The molecule has 0 fully saturated rings. The van der Waals surface area contributed by atoms with Gasteiger partial charge in [0, 0.05) is 17.4 Å². The van der Waals surface area contributed by atoms with Gasteiger partial charge in [-0.2, -0.15) is 5.10 Å². The minimum atomic E-state index is -0.828. The summed E-state index contributed by atoms with van der Waals surface area (Å²) < 4.78 is 10.3. The van der Waals surface area contributed by atoms with Crippen LogP contribution in [0.4, 0.5) is 5.69 Å². The van der Waals surface area contributed by atoms with Crippen LogP contribution in [-0.2, 0) is 4.79 Å². The first kappa shape index (κ1) is 19.7. The highest BCUT2D eigenvalue weighted by Crippen LogP contribution is 2.33. The molecule has 0 radical (unpaired) electrons. The number of ether oxygens (including phenoxy) is 2. The monoisotopic (exact) mass is 372 g/mol. The van der Waals surface area contributed by atoms with E-state index in [2.05, 4.69) is 10.5 Å². The van der Waals surface area contributed by atoms with Crippen molar-refractivity contribution in [2.24, 2.45) is 5.10 Å². The molecule has 9 heteroatoms. The Bertz CT molecular complexity index is 895. The van der Waals surface area contributed by atoms with Gasteiger partial charge in [0.15, 0.2) is 6.61 Å². The van der Waals surface area contributed by atoms with Crippen molar-refractivity contribution in [3.8, 4) is 17.2 Å². The van der Waals surface area contributed by atoms with Crippen molar-refractivity contribution >= 4 is 17.8 Å². The fourth-order valence-electron chi connectivity index (χ4n) is 2.19. The van der Waals surface area contributed by atoms with E-state index in [4.69, 9.17) is 9.47 Å². The van der Waals surface area contributed by atoms with Gasteiger partial charge >= 0.3 is 0 Å². The van der Waals surface area contributed by atoms with E-state index in [9.17, 15) is 20.0 Å². The lowest BCUT2D eigenvalue weighted by Gasteiger charge is -2.13. The second-order valence-corrected chi connectivity index (χ2v) is 5.68. The van der Waals surface area contributed by atoms with Crippen LogP contribution in [0.2, 0.25) is 0 Å². The summed E-state index contributed by atoms with van der Waals surface area (Å²) in [6, 6.07) is 7.99. The molecule has 0 spiro atoms. The third kappa shape index (κ3) is 5.18. The summed E-state index contributed by atoms with van der Waals surface area (Å²) in [6.07, 6.45) is 1.17. The van der Waals surface area contributed by atoms with Gasteiger partial charge in [0.05, 0.1) is 18.2 Å². The van der Waals surface area contributed by atoms with Crippen LogP contribution in [0.5, 0.6) is 17.2 Å². The largest absolute Gasteiger partial charge is 0.865 e. The van der Waals surface area contributed by atoms with E-state index in [1.807, 2.05) is 32.0 Å². The van der Waals surface area contributed by atoms with Crippen molar-refractivity contribution in [1.82, 2.24) is 5.43 Å². The first-order valence-electron chi connectivity index (χ1n) is 7.87. The Balaban J connectivity index is 2.00. The van der Waals surface area contributed by atoms with Crippen LogP contribution in [0.1, 0.15) is 16.7 Å². The first-order chi connectivity index (χ1) is 12.8. The Hall–Kier alpha value is -3.62. The summed E-state index contributed by atoms with van der Waals surface area (Å²) in [5.74, 6) is -0.921. The van der Waals surface area contributed by atoms with Gasteiger partial charge in [-0.05, 0) is 37.1 Å². The number of nitro benzene ring substituents is 1. The number of amides is 1. The predicted octanol–water partition coefficient (Wildman–Crippen LogP) is 1.82. The van der Waals surface area contributed by atoms with E-state index in [0.717, 1.165) is 17.2 Å². The lowest BCUT2D eigenvalue weighted by atomic mass is 10.1.